The maximum absolute atomic E-state index is 9.80. The van der Waals surface area contributed by atoms with Crippen LogP contribution in [0.15, 0.2) is 54.6 Å². The lowest BCUT2D eigenvalue weighted by atomic mass is 10.0. The summed E-state index contributed by atoms with van der Waals surface area (Å²) in [5.41, 5.74) is 8.70. The number of hydrogen-bond acceptors (Lipinski definition) is 2. The predicted molar refractivity (Wildman–Crippen MR) is 70.5 cm³/mol. The Morgan fingerprint density at radius 3 is 2.06 bits per heavy atom. The van der Waals surface area contributed by atoms with E-state index < -0.39 is 6.10 Å². The first-order chi connectivity index (χ1) is 8.31. The maximum atomic E-state index is 9.80. The fourth-order valence-electron chi connectivity index (χ4n) is 1.85. The van der Waals surface area contributed by atoms with Crippen molar-refractivity contribution in [2.75, 3.05) is 6.54 Å². The zero-order valence-corrected chi connectivity index (χ0v) is 9.71. The molecule has 88 valence electrons. The van der Waals surface area contributed by atoms with E-state index in [0.29, 0.717) is 13.0 Å². The van der Waals surface area contributed by atoms with Gasteiger partial charge < -0.3 is 10.8 Å². The molecule has 0 saturated heterocycles. The topological polar surface area (TPSA) is 46.2 Å². The average molecular weight is 227 g/mol. The molecular weight excluding hydrogens is 210 g/mol. The molecule has 0 amide bonds. The Kier molecular flexibility index (Phi) is 3.91. The number of nitrogens with two attached hydrogens (primary N) is 1. The Hall–Kier alpha value is -1.64. The average Bonchev–Trinajstić information content (AvgIpc) is 2.40. The first-order valence-electron chi connectivity index (χ1n) is 5.85. The molecule has 0 unspecified atom stereocenters. The number of benzene rings is 2. The van der Waals surface area contributed by atoms with Crippen LogP contribution < -0.4 is 5.73 Å². The minimum atomic E-state index is -0.454. The lowest BCUT2D eigenvalue weighted by molar-refractivity contribution is 0.170. The van der Waals surface area contributed by atoms with Crippen LogP contribution in [0.1, 0.15) is 18.1 Å². The molecule has 0 bridgehead atoms. The Bertz CT molecular complexity index is 450. The second-order valence-electron chi connectivity index (χ2n) is 4.08. The van der Waals surface area contributed by atoms with Gasteiger partial charge in [0.25, 0.3) is 0 Å². The van der Waals surface area contributed by atoms with Crippen LogP contribution in [0.25, 0.3) is 11.1 Å². The van der Waals surface area contributed by atoms with Crippen molar-refractivity contribution < 1.29 is 5.11 Å². The fraction of sp³-hybridized carbons (Fsp3) is 0.200. The lowest BCUT2D eigenvalue weighted by Crippen LogP contribution is -2.06. The third-order valence-corrected chi connectivity index (χ3v) is 2.84. The van der Waals surface area contributed by atoms with E-state index in [1.807, 2.05) is 42.5 Å². The highest BCUT2D eigenvalue weighted by molar-refractivity contribution is 5.63. The molecule has 0 heterocycles. The van der Waals surface area contributed by atoms with Crippen molar-refractivity contribution in [3.05, 3.63) is 60.2 Å². The van der Waals surface area contributed by atoms with Crippen LogP contribution in [-0.4, -0.2) is 11.7 Å². The monoisotopic (exact) mass is 227 g/mol. The molecule has 2 nitrogen and oxygen atoms in total. The molecule has 2 heteroatoms. The van der Waals surface area contributed by atoms with Gasteiger partial charge in [-0.05, 0) is 29.7 Å². The second-order valence-corrected chi connectivity index (χ2v) is 4.08. The fourth-order valence-corrected chi connectivity index (χ4v) is 1.85. The highest BCUT2D eigenvalue weighted by Gasteiger charge is 2.06. The van der Waals surface area contributed by atoms with Crippen LogP contribution >= 0.6 is 0 Å². The Labute approximate surface area is 102 Å². The van der Waals surface area contributed by atoms with Crippen molar-refractivity contribution in [2.24, 2.45) is 5.73 Å². The van der Waals surface area contributed by atoms with Crippen molar-refractivity contribution >= 4 is 0 Å². The van der Waals surface area contributed by atoms with Gasteiger partial charge in [0.2, 0.25) is 0 Å². The molecule has 2 aromatic rings. The zero-order chi connectivity index (χ0) is 12.1. The van der Waals surface area contributed by atoms with Gasteiger partial charge in [0.1, 0.15) is 0 Å². The van der Waals surface area contributed by atoms with Crippen LogP contribution in [-0.2, 0) is 0 Å². The van der Waals surface area contributed by atoms with Gasteiger partial charge >= 0.3 is 0 Å². The van der Waals surface area contributed by atoms with Crippen LogP contribution in [0, 0.1) is 0 Å². The SMILES string of the molecule is NCC[C@H](O)c1ccc(-c2ccccc2)cc1. The zero-order valence-electron chi connectivity index (χ0n) is 9.71. The first kappa shape index (κ1) is 11.8. The summed E-state index contributed by atoms with van der Waals surface area (Å²) >= 11 is 0. The van der Waals surface area contributed by atoms with Crippen LogP contribution in [0.3, 0.4) is 0 Å². The highest BCUT2D eigenvalue weighted by Crippen LogP contribution is 2.22. The van der Waals surface area contributed by atoms with Gasteiger partial charge in [-0.3, -0.25) is 0 Å². The highest BCUT2D eigenvalue weighted by atomic mass is 16.3. The molecule has 1 atom stereocenters. The molecule has 0 saturated carbocycles. The van der Waals surface area contributed by atoms with Crippen molar-refractivity contribution in [3.63, 3.8) is 0 Å². The summed E-state index contributed by atoms with van der Waals surface area (Å²) in [7, 11) is 0. The smallest absolute Gasteiger partial charge is 0.0802 e. The van der Waals surface area contributed by atoms with E-state index in [1.54, 1.807) is 0 Å². The number of aliphatic hydroxyl groups is 1. The summed E-state index contributed by atoms with van der Waals surface area (Å²) in [5, 5.41) is 9.80. The summed E-state index contributed by atoms with van der Waals surface area (Å²) in [6.45, 7) is 0.502. The van der Waals surface area contributed by atoms with Gasteiger partial charge in [-0.25, -0.2) is 0 Å². The summed E-state index contributed by atoms with van der Waals surface area (Å²) in [5.74, 6) is 0. The lowest BCUT2D eigenvalue weighted by Gasteiger charge is -2.10. The summed E-state index contributed by atoms with van der Waals surface area (Å²) in [6, 6.07) is 18.2. The standard InChI is InChI=1S/C15H17NO/c16-11-10-15(17)14-8-6-13(7-9-14)12-4-2-1-3-5-12/h1-9,15,17H,10-11,16H2/t15-/m0/s1. The van der Waals surface area contributed by atoms with E-state index in [0.717, 1.165) is 11.1 Å². The minimum Gasteiger partial charge on any atom is -0.388 e. The van der Waals surface area contributed by atoms with E-state index >= 15 is 0 Å². The van der Waals surface area contributed by atoms with Crippen molar-refractivity contribution in [1.29, 1.82) is 0 Å². The van der Waals surface area contributed by atoms with Gasteiger partial charge in [0.05, 0.1) is 6.10 Å². The largest absolute Gasteiger partial charge is 0.388 e. The molecule has 3 N–H and O–H groups in total. The van der Waals surface area contributed by atoms with Gasteiger partial charge in [-0.15, -0.1) is 0 Å². The molecule has 0 aromatic heterocycles. The quantitative estimate of drug-likeness (QED) is 0.843. The first-order valence-corrected chi connectivity index (χ1v) is 5.85. The summed E-state index contributed by atoms with van der Waals surface area (Å²) in [4.78, 5) is 0. The van der Waals surface area contributed by atoms with Crippen LogP contribution in [0.4, 0.5) is 0 Å². The molecule has 0 aliphatic carbocycles. The van der Waals surface area contributed by atoms with Crippen LogP contribution in [0.5, 0.6) is 0 Å². The number of hydrogen-bond donors (Lipinski definition) is 2. The molecule has 17 heavy (non-hydrogen) atoms. The molecule has 0 spiro atoms. The van der Waals surface area contributed by atoms with E-state index in [2.05, 4.69) is 12.1 Å². The third kappa shape index (κ3) is 2.93. The third-order valence-electron chi connectivity index (χ3n) is 2.84. The van der Waals surface area contributed by atoms with Crippen molar-refractivity contribution in [1.82, 2.24) is 0 Å². The molecule has 0 aliphatic rings. The molecule has 0 radical (unpaired) electrons. The van der Waals surface area contributed by atoms with Crippen molar-refractivity contribution in [2.45, 2.75) is 12.5 Å². The van der Waals surface area contributed by atoms with Gasteiger partial charge in [-0.1, -0.05) is 54.6 Å². The molecular formula is C15H17NO. The molecule has 0 fully saturated rings. The van der Waals surface area contributed by atoms with Gasteiger partial charge in [0.15, 0.2) is 0 Å². The van der Waals surface area contributed by atoms with E-state index in [1.165, 1.54) is 5.56 Å². The molecule has 2 aromatic carbocycles. The van der Waals surface area contributed by atoms with Crippen molar-refractivity contribution in [3.8, 4) is 11.1 Å². The summed E-state index contributed by atoms with van der Waals surface area (Å²) < 4.78 is 0. The van der Waals surface area contributed by atoms with E-state index in [4.69, 9.17) is 5.73 Å². The molecule has 2 rings (SSSR count). The number of rotatable bonds is 4. The predicted octanol–water partition coefficient (Wildman–Crippen LogP) is 2.74. The Morgan fingerprint density at radius 2 is 1.47 bits per heavy atom. The Balaban J connectivity index is 2.19. The minimum absolute atomic E-state index is 0.454. The Morgan fingerprint density at radius 1 is 0.882 bits per heavy atom. The van der Waals surface area contributed by atoms with Gasteiger partial charge in [0, 0.05) is 0 Å². The van der Waals surface area contributed by atoms with Crippen LogP contribution in [0.2, 0.25) is 0 Å². The summed E-state index contributed by atoms with van der Waals surface area (Å²) in [6.07, 6.45) is 0.148. The van der Waals surface area contributed by atoms with Gasteiger partial charge in [-0.2, -0.15) is 0 Å². The number of aliphatic hydroxyl groups excluding tert-OH is 1. The maximum Gasteiger partial charge on any atom is 0.0802 e. The normalized spacial score (nSPS) is 12.4. The second kappa shape index (κ2) is 5.62. The molecule has 0 aliphatic heterocycles. The van der Waals surface area contributed by atoms with E-state index in [-0.39, 0.29) is 0 Å². The van der Waals surface area contributed by atoms with E-state index in [9.17, 15) is 5.11 Å².